The smallest absolute Gasteiger partial charge is 0.140 e. The van der Waals surface area contributed by atoms with Crippen LogP contribution in [0.2, 0.25) is 0 Å². The number of pyridine rings is 1. The first kappa shape index (κ1) is 25.0. The Hall–Kier alpha value is -3.68. The standard InChI is InChI=1S/C30H32N4O2S/c1-3-37-28-10-9-26-27(30(28)35-2)14-21-18-34(12-11-25(21)29(26)32)23-15-24(17-33-16-23)36-19-22(31)13-20-7-5-4-6-8-20/h4-12,14-17,22H,3,13,18-19,31-32H2,1-2H3/t22-/m1/s1. The first-order valence-electron chi connectivity index (χ1n) is 12.4. The molecule has 1 aliphatic rings. The molecule has 5 rings (SSSR count). The van der Waals surface area contributed by atoms with Crippen molar-refractivity contribution in [3.8, 4) is 11.5 Å². The minimum absolute atomic E-state index is 0.102. The molecule has 0 aliphatic carbocycles. The van der Waals surface area contributed by atoms with Crippen LogP contribution in [0.3, 0.4) is 0 Å². The summed E-state index contributed by atoms with van der Waals surface area (Å²) in [6.07, 6.45) is 8.44. The lowest BCUT2D eigenvalue weighted by Crippen LogP contribution is -2.30. The topological polar surface area (TPSA) is 86.6 Å². The third kappa shape index (κ3) is 5.38. The number of nitrogens with zero attached hydrogens (tertiary/aromatic N) is 2. The Morgan fingerprint density at radius 1 is 1.08 bits per heavy atom. The van der Waals surface area contributed by atoms with Gasteiger partial charge in [0.15, 0.2) is 0 Å². The number of thioether (sulfide) groups is 1. The van der Waals surface area contributed by atoms with Crippen LogP contribution in [-0.4, -0.2) is 30.5 Å². The molecule has 0 amide bonds. The van der Waals surface area contributed by atoms with Crippen LogP contribution in [0.4, 0.5) is 11.4 Å². The first-order valence-corrected chi connectivity index (χ1v) is 13.4. The lowest BCUT2D eigenvalue weighted by Gasteiger charge is -2.27. The van der Waals surface area contributed by atoms with Gasteiger partial charge in [-0.15, -0.1) is 11.8 Å². The van der Waals surface area contributed by atoms with Crippen LogP contribution in [-0.2, 0) is 13.0 Å². The van der Waals surface area contributed by atoms with E-state index in [9.17, 15) is 0 Å². The molecule has 0 bridgehead atoms. The molecule has 0 radical (unpaired) electrons. The van der Waals surface area contributed by atoms with Gasteiger partial charge in [0.25, 0.3) is 0 Å². The van der Waals surface area contributed by atoms with Gasteiger partial charge in [-0.05, 0) is 41.5 Å². The number of ether oxygens (including phenoxy) is 2. The van der Waals surface area contributed by atoms with Gasteiger partial charge in [0.1, 0.15) is 18.1 Å². The molecular formula is C30H32N4O2S. The van der Waals surface area contributed by atoms with E-state index in [1.807, 2.05) is 36.7 Å². The molecule has 2 heterocycles. The lowest BCUT2D eigenvalue weighted by molar-refractivity contribution is 0.286. The number of rotatable bonds is 9. The van der Waals surface area contributed by atoms with Gasteiger partial charge >= 0.3 is 0 Å². The first-order chi connectivity index (χ1) is 18.1. The maximum atomic E-state index is 6.64. The van der Waals surface area contributed by atoms with Gasteiger partial charge in [-0.25, -0.2) is 0 Å². The highest BCUT2D eigenvalue weighted by atomic mass is 32.2. The Labute approximate surface area is 222 Å². The van der Waals surface area contributed by atoms with Gasteiger partial charge in [0.05, 0.1) is 30.1 Å². The highest BCUT2D eigenvalue weighted by Crippen LogP contribution is 2.42. The Balaban J connectivity index is 1.35. The van der Waals surface area contributed by atoms with Crippen LogP contribution in [0.5, 0.6) is 11.5 Å². The predicted octanol–water partition coefficient (Wildman–Crippen LogP) is 5.88. The van der Waals surface area contributed by atoms with Crippen molar-refractivity contribution in [2.75, 3.05) is 30.1 Å². The maximum absolute atomic E-state index is 6.64. The van der Waals surface area contributed by atoms with Crippen molar-refractivity contribution in [2.24, 2.45) is 5.73 Å². The van der Waals surface area contributed by atoms with E-state index in [1.165, 1.54) is 5.56 Å². The Kier molecular flexibility index (Phi) is 7.53. The summed E-state index contributed by atoms with van der Waals surface area (Å²) in [5, 5.41) is 2.05. The molecule has 1 atom stereocenters. The van der Waals surface area contributed by atoms with E-state index in [1.54, 1.807) is 25.1 Å². The highest BCUT2D eigenvalue weighted by Gasteiger charge is 2.20. The third-order valence-corrected chi connectivity index (χ3v) is 7.43. The van der Waals surface area contributed by atoms with Gasteiger partial charge in [0, 0.05) is 46.9 Å². The summed E-state index contributed by atoms with van der Waals surface area (Å²) in [5.41, 5.74) is 18.1. The fraction of sp³-hybridized carbons (Fsp3) is 0.233. The molecule has 7 heteroatoms. The van der Waals surface area contributed by atoms with Crippen molar-refractivity contribution in [3.63, 3.8) is 0 Å². The fourth-order valence-corrected chi connectivity index (χ4v) is 5.54. The average Bonchev–Trinajstić information content (AvgIpc) is 2.92. The van der Waals surface area contributed by atoms with Crippen molar-refractivity contribution in [1.29, 1.82) is 0 Å². The second kappa shape index (κ2) is 11.2. The number of nitrogen functional groups attached to an aromatic ring is 1. The minimum Gasteiger partial charge on any atom is -0.495 e. The van der Waals surface area contributed by atoms with E-state index >= 15 is 0 Å². The Morgan fingerprint density at radius 2 is 1.92 bits per heavy atom. The van der Waals surface area contributed by atoms with Crippen LogP contribution in [0.25, 0.3) is 16.8 Å². The largest absolute Gasteiger partial charge is 0.495 e. The fourth-order valence-electron chi connectivity index (χ4n) is 4.74. The highest BCUT2D eigenvalue weighted by molar-refractivity contribution is 7.99. The van der Waals surface area contributed by atoms with Crippen molar-refractivity contribution >= 4 is 40.0 Å². The number of hydrogen-bond acceptors (Lipinski definition) is 7. The molecule has 1 aromatic heterocycles. The number of benzene rings is 3. The quantitative estimate of drug-likeness (QED) is 0.214. The summed E-state index contributed by atoms with van der Waals surface area (Å²) in [7, 11) is 1.72. The monoisotopic (exact) mass is 512 g/mol. The Morgan fingerprint density at radius 3 is 2.70 bits per heavy atom. The van der Waals surface area contributed by atoms with Gasteiger partial charge in [0.2, 0.25) is 0 Å². The number of fused-ring (bicyclic) bond motifs is 2. The van der Waals surface area contributed by atoms with E-state index in [-0.39, 0.29) is 6.04 Å². The second-order valence-electron chi connectivity index (χ2n) is 9.07. The van der Waals surface area contributed by atoms with Crippen molar-refractivity contribution in [3.05, 3.63) is 89.9 Å². The molecule has 0 unspecified atom stereocenters. The van der Waals surface area contributed by atoms with E-state index in [2.05, 4.69) is 53.2 Å². The summed E-state index contributed by atoms with van der Waals surface area (Å²) in [6.45, 7) is 3.22. The van der Waals surface area contributed by atoms with Crippen molar-refractivity contribution in [2.45, 2.75) is 30.8 Å². The van der Waals surface area contributed by atoms with Crippen LogP contribution in [0.15, 0.2) is 78.1 Å². The van der Waals surface area contributed by atoms with Crippen molar-refractivity contribution in [1.82, 2.24) is 4.98 Å². The SMILES string of the molecule is CCSc1ccc2c(N)c3c(cc2c1OC)CN(c1cncc(OC[C@H](N)Cc2ccccc2)c1)C=C3. The summed E-state index contributed by atoms with van der Waals surface area (Å²) in [6, 6.07) is 18.5. The molecule has 3 aromatic carbocycles. The Bertz CT molecular complexity index is 1420. The molecule has 1 aliphatic heterocycles. The van der Waals surface area contributed by atoms with E-state index in [4.69, 9.17) is 20.9 Å². The van der Waals surface area contributed by atoms with E-state index < -0.39 is 0 Å². The second-order valence-corrected chi connectivity index (χ2v) is 10.4. The lowest BCUT2D eigenvalue weighted by atomic mass is 9.95. The molecule has 6 nitrogen and oxygen atoms in total. The number of nitrogens with two attached hydrogens (primary N) is 2. The maximum Gasteiger partial charge on any atom is 0.140 e. The third-order valence-electron chi connectivity index (χ3n) is 6.51. The van der Waals surface area contributed by atoms with Gasteiger partial charge in [-0.1, -0.05) is 43.3 Å². The van der Waals surface area contributed by atoms with Crippen molar-refractivity contribution < 1.29 is 9.47 Å². The summed E-state index contributed by atoms with van der Waals surface area (Å²) < 4.78 is 11.8. The number of hydrogen-bond donors (Lipinski definition) is 2. The molecular weight excluding hydrogens is 480 g/mol. The summed E-state index contributed by atoms with van der Waals surface area (Å²) in [5.74, 6) is 2.55. The molecule has 4 N–H and O–H groups in total. The number of aromatic nitrogens is 1. The zero-order valence-electron chi connectivity index (χ0n) is 21.2. The summed E-state index contributed by atoms with van der Waals surface area (Å²) in [4.78, 5) is 7.69. The molecule has 0 saturated carbocycles. The van der Waals surface area contributed by atoms with Gasteiger partial charge in [-0.2, -0.15) is 0 Å². The molecule has 190 valence electrons. The molecule has 37 heavy (non-hydrogen) atoms. The average molecular weight is 513 g/mol. The van der Waals surface area contributed by atoms with Crippen LogP contribution < -0.4 is 25.8 Å². The van der Waals surface area contributed by atoms with Crippen LogP contribution in [0, 0.1) is 0 Å². The normalized spacial score (nSPS) is 13.4. The van der Waals surface area contributed by atoms with E-state index in [0.29, 0.717) is 18.9 Å². The molecule has 0 fully saturated rings. The van der Waals surface area contributed by atoms with Crippen LogP contribution in [0.1, 0.15) is 23.6 Å². The van der Waals surface area contributed by atoms with E-state index in [0.717, 1.165) is 56.1 Å². The molecule has 0 spiro atoms. The number of anilines is 2. The minimum atomic E-state index is -0.102. The summed E-state index contributed by atoms with van der Waals surface area (Å²) >= 11 is 1.77. The molecule has 4 aromatic rings. The van der Waals surface area contributed by atoms with Crippen LogP contribution >= 0.6 is 11.8 Å². The van der Waals surface area contributed by atoms with Gasteiger partial charge < -0.3 is 25.8 Å². The molecule has 0 saturated heterocycles. The number of methoxy groups -OCH3 is 1. The zero-order chi connectivity index (χ0) is 25.8. The van der Waals surface area contributed by atoms with Gasteiger partial charge in [-0.3, -0.25) is 4.98 Å². The predicted molar refractivity (Wildman–Crippen MR) is 154 cm³/mol. The zero-order valence-corrected chi connectivity index (χ0v) is 22.0.